The summed E-state index contributed by atoms with van der Waals surface area (Å²) in [4.78, 5) is 15.5. The molecule has 1 atom stereocenters. The van der Waals surface area contributed by atoms with Gasteiger partial charge in [0.1, 0.15) is 0 Å². The molecule has 1 unspecified atom stereocenters. The van der Waals surface area contributed by atoms with Crippen LogP contribution in [0.25, 0.3) is 0 Å². The molecule has 1 aromatic rings. The molecule has 108 valence electrons. The van der Waals surface area contributed by atoms with Gasteiger partial charge >= 0.3 is 5.97 Å². The van der Waals surface area contributed by atoms with Crippen molar-refractivity contribution in [1.82, 2.24) is 9.55 Å². The van der Waals surface area contributed by atoms with Crippen molar-refractivity contribution in [1.29, 1.82) is 0 Å². The maximum atomic E-state index is 11.1. The summed E-state index contributed by atoms with van der Waals surface area (Å²) in [5.41, 5.74) is 0.950. The average molecular weight is 274 g/mol. The quantitative estimate of drug-likeness (QED) is 0.921. The van der Waals surface area contributed by atoms with Crippen LogP contribution in [0.5, 0.6) is 0 Å². The molecule has 0 aliphatic heterocycles. The Kier molecular flexibility index (Phi) is 2.54. The number of imidazole rings is 1. The molecule has 4 saturated carbocycles. The monoisotopic (exact) mass is 274 g/mol. The molecular formula is C16H22N2O2. The number of carboxylic acids is 1. The second kappa shape index (κ2) is 4.09. The normalized spacial score (nSPS) is 40.0. The van der Waals surface area contributed by atoms with E-state index in [9.17, 15) is 4.79 Å². The Morgan fingerprint density at radius 2 is 1.85 bits per heavy atom. The highest BCUT2D eigenvalue weighted by Gasteiger charge is 2.51. The molecule has 0 amide bonds. The van der Waals surface area contributed by atoms with Gasteiger partial charge in [-0.05, 0) is 63.2 Å². The first-order valence-electron chi connectivity index (χ1n) is 7.83. The summed E-state index contributed by atoms with van der Waals surface area (Å²) in [6, 6.07) is 0. The van der Waals surface area contributed by atoms with Crippen molar-refractivity contribution in [2.75, 3.05) is 0 Å². The van der Waals surface area contributed by atoms with Crippen LogP contribution in [0.4, 0.5) is 0 Å². The Balaban J connectivity index is 1.66. The number of nitrogens with zero attached hydrogens (tertiary/aromatic N) is 2. The summed E-state index contributed by atoms with van der Waals surface area (Å²) in [5, 5.41) is 9.13. The molecule has 0 spiro atoms. The van der Waals surface area contributed by atoms with Gasteiger partial charge in [-0.2, -0.15) is 0 Å². The summed E-state index contributed by atoms with van der Waals surface area (Å²) >= 11 is 0. The lowest BCUT2D eigenvalue weighted by Crippen LogP contribution is -2.51. The first-order chi connectivity index (χ1) is 9.56. The van der Waals surface area contributed by atoms with E-state index < -0.39 is 11.9 Å². The SMILES string of the molecule is CC(C(=O)O)c1cn(C23CC4CC(CC(C4)C2)C3)cn1. The molecule has 1 heterocycles. The van der Waals surface area contributed by atoms with E-state index in [0.29, 0.717) is 5.69 Å². The van der Waals surface area contributed by atoms with Gasteiger partial charge in [0.05, 0.1) is 17.9 Å². The van der Waals surface area contributed by atoms with E-state index in [4.69, 9.17) is 5.11 Å². The predicted molar refractivity (Wildman–Crippen MR) is 74.4 cm³/mol. The molecule has 4 fully saturated rings. The zero-order valence-corrected chi connectivity index (χ0v) is 12.0. The van der Waals surface area contributed by atoms with Gasteiger partial charge in [-0.25, -0.2) is 4.98 Å². The standard InChI is InChI=1S/C16H22N2O2/c1-10(15(19)20)14-8-18(9-17-14)16-5-11-2-12(6-16)4-13(3-11)7-16/h8-13H,2-7H2,1H3,(H,19,20). The number of hydrogen-bond acceptors (Lipinski definition) is 2. The summed E-state index contributed by atoms with van der Waals surface area (Å²) in [6.07, 6.45) is 12.0. The zero-order chi connectivity index (χ0) is 13.9. The second-order valence-electron chi connectivity index (χ2n) is 7.41. The van der Waals surface area contributed by atoms with Crippen molar-refractivity contribution in [3.8, 4) is 0 Å². The summed E-state index contributed by atoms with van der Waals surface area (Å²) in [7, 11) is 0. The van der Waals surface area contributed by atoms with Crippen LogP contribution >= 0.6 is 0 Å². The Morgan fingerprint density at radius 1 is 1.30 bits per heavy atom. The molecule has 0 saturated heterocycles. The fourth-order valence-corrected chi connectivity index (χ4v) is 5.33. The number of aromatic nitrogens is 2. The highest BCUT2D eigenvalue weighted by molar-refractivity contribution is 5.74. The highest BCUT2D eigenvalue weighted by atomic mass is 16.4. The van der Waals surface area contributed by atoms with E-state index >= 15 is 0 Å². The molecule has 4 aliphatic rings. The van der Waals surface area contributed by atoms with E-state index in [1.165, 1.54) is 38.5 Å². The van der Waals surface area contributed by atoms with Crippen molar-refractivity contribution in [3.05, 3.63) is 18.2 Å². The van der Waals surface area contributed by atoms with Crippen LogP contribution in [0.2, 0.25) is 0 Å². The smallest absolute Gasteiger partial charge is 0.312 e. The van der Waals surface area contributed by atoms with Crippen molar-refractivity contribution in [2.24, 2.45) is 17.8 Å². The van der Waals surface area contributed by atoms with Crippen LogP contribution in [0.15, 0.2) is 12.5 Å². The fourth-order valence-electron chi connectivity index (χ4n) is 5.33. The minimum absolute atomic E-state index is 0.248. The van der Waals surface area contributed by atoms with E-state index in [2.05, 4.69) is 9.55 Å². The zero-order valence-electron chi connectivity index (χ0n) is 12.0. The van der Waals surface area contributed by atoms with Crippen LogP contribution in [0.1, 0.15) is 57.1 Å². The lowest BCUT2D eigenvalue weighted by molar-refractivity contribution is -0.138. The molecule has 0 aromatic carbocycles. The molecule has 5 rings (SSSR count). The van der Waals surface area contributed by atoms with Crippen LogP contribution in [0.3, 0.4) is 0 Å². The van der Waals surface area contributed by atoms with Crippen LogP contribution in [-0.4, -0.2) is 20.6 Å². The summed E-state index contributed by atoms with van der Waals surface area (Å²) < 4.78 is 2.27. The van der Waals surface area contributed by atoms with E-state index in [1.54, 1.807) is 6.92 Å². The first-order valence-corrected chi connectivity index (χ1v) is 7.83. The Morgan fingerprint density at radius 3 is 2.35 bits per heavy atom. The first kappa shape index (κ1) is 12.4. The fraction of sp³-hybridized carbons (Fsp3) is 0.750. The lowest BCUT2D eigenvalue weighted by atomic mass is 9.53. The van der Waals surface area contributed by atoms with Crippen molar-refractivity contribution < 1.29 is 9.90 Å². The summed E-state index contributed by atoms with van der Waals surface area (Å²) in [5.74, 6) is 1.38. The molecule has 1 N–H and O–H groups in total. The Labute approximate surface area is 119 Å². The largest absolute Gasteiger partial charge is 0.481 e. The molecule has 0 radical (unpaired) electrons. The summed E-state index contributed by atoms with van der Waals surface area (Å²) in [6.45, 7) is 1.72. The molecule has 4 heteroatoms. The molecule has 1 aromatic heterocycles. The Hall–Kier alpha value is -1.32. The molecule has 4 aliphatic carbocycles. The van der Waals surface area contributed by atoms with Gasteiger partial charge in [0.2, 0.25) is 0 Å². The average Bonchev–Trinajstić information content (AvgIpc) is 2.86. The number of carbonyl (C=O) groups is 1. The molecule has 4 bridgehead atoms. The highest BCUT2D eigenvalue weighted by Crippen LogP contribution is 2.58. The number of aliphatic carboxylic acids is 1. The molecule has 4 nitrogen and oxygen atoms in total. The van der Waals surface area contributed by atoms with Gasteiger partial charge in [-0.3, -0.25) is 4.79 Å². The second-order valence-corrected chi connectivity index (χ2v) is 7.41. The Bertz CT molecular complexity index is 513. The van der Waals surface area contributed by atoms with Crippen LogP contribution < -0.4 is 0 Å². The number of hydrogen-bond donors (Lipinski definition) is 1. The van der Waals surface area contributed by atoms with E-state index in [-0.39, 0.29) is 5.54 Å². The van der Waals surface area contributed by atoms with Crippen molar-refractivity contribution in [2.45, 2.75) is 56.9 Å². The van der Waals surface area contributed by atoms with Crippen LogP contribution in [-0.2, 0) is 10.3 Å². The maximum Gasteiger partial charge on any atom is 0.312 e. The minimum atomic E-state index is -0.791. The predicted octanol–water partition coefficient (Wildman–Crippen LogP) is 3.00. The number of carboxylic acid groups (broad SMARTS) is 1. The van der Waals surface area contributed by atoms with Crippen LogP contribution in [0, 0.1) is 17.8 Å². The topological polar surface area (TPSA) is 55.1 Å². The third-order valence-corrected chi connectivity index (χ3v) is 5.97. The van der Waals surface area contributed by atoms with Gasteiger partial charge in [-0.1, -0.05) is 0 Å². The van der Waals surface area contributed by atoms with Crippen molar-refractivity contribution >= 4 is 5.97 Å². The van der Waals surface area contributed by atoms with Gasteiger partial charge in [-0.15, -0.1) is 0 Å². The van der Waals surface area contributed by atoms with Gasteiger partial charge in [0, 0.05) is 11.7 Å². The van der Waals surface area contributed by atoms with E-state index in [0.717, 1.165) is 17.8 Å². The third-order valence-electron chi connectivity index (χ3n) is 5.97. The third kappa shape index (κ3) is 1.73. The minimum Gasteiger partial charge on any atom is -0.481 e. The van der Waals surface area contributed by atoms with E-state index in [1.807, 2.05) is 12.5 Å². The molecule has 20 heavy (non-hydrogen) atoms. The van der Waals surface area contributed by atoms with Crippen molar-refractivity contribution in [3.63, 3.8) is 0 Å². The lowest BCUT2D eigenvalue weighted by Gasteiger charge is -2.57. The van der Waals surface area contributed by atoms with Gasteiger partial charge in [0.25, 0.3) is 0 Å². The molecular weight excluding hydrogens is 252 g/mol. The van der Waals surface area contributed by atoms with Gasteiger partial charge in [0.15, 0.2) is 0 Å². The number of rotatable bonds is 3. The van der Waals surface area contributed by atoms with Gasteiger partial charge < -0.3 is 9.67 Å². The maximum absolute atomic E-state index is 11.1.